The van der Waals surface area contributed by atoms with Crippen LogP contribution in [-0.4, -0.2) is 85.6 Å². The maximum Gasteiger partial charge on any atom is 0.303 e. The fourth-order valence-corrected chi connectivity index (χ4v) is 13.8. The lowest BCUT2D eigenvalue weighted by Crippen LogP contribution is -2.68. The lowest BCUT2D eigenvalue weighted by atomic mass is 9.33. The van der Waals surface area contributed by atoms with Crippen LogP contribution in [0.15, 0.2) is 17.8 Å². The molecule has 0 aromatic carbocycles. The van der Waals surface area contributed by atoms with Gasteiger partial charge in [0.2, 0.25) is 5.91 Å². The molecule has 3 unspecified atom stereocenters. The molecule has 1 saturated heterocycles. The highest BCUT2D eigenvalue weighted by Crippen LogP contribution is 2.75. The Morgan fingerprint density at radius 3 is 2.14 bits per heavy atom. The minimum absolute atomic E-state index is 0.0187. The molecule has 1 aliphatic heterocycles. The second-order valence-corrected chi connectivity index (χ2v) is 21.2. The van der Waals surface area contributed by atoms with Gasteiger partial charge in [-0.15, -0.1) is 5.10 Å². The zero-order valence-electron chi connectivity index (χ0n) is 37.0. The minimum Gasteiger partial charge on any atom is -0.456 e. The van der Waals surface area contributed by atoms with E-state index in [9.17, 15) is 29.4 Å². The molecule has 5 aliphatic carbocycles. The third-order valence-electron chi connectivity index (χ3n) is 17.0. The van der Waals surface area contributed by atoms with Crippen molar-refractivity contribution in [3.8, 4) is 0 Å². The van der Waals surface area contributed by atoms with Crippen LogP contribution < -0.4 is 5.32 Å². The summed E-state index contributed by atoms with van der Waals surface area (Å²) in [5.74, 6) is -1.50. The van der Waals surface area contributed by atoms with E-state index in [0.717, 1.165) is 44.9 Å². The Bertz CT molecular complexity index is 1880. The molecule has 1 aromatic heterocycles. The third-order valence-corrected chi connectivity index (χ3v) is 17.0. The second kappa shape index (κ2) is 14.9. The van der Waals surface area contributed by atoms with Gasteiger partial charge in [-0.1, -0.05) is 65.3 Å². The number of aliphatic hydroxyl groups is 2. The summed E-state index contributed by atoms with van der Waals surface area (Å²) < 4.78 is 24.2. The van der Waals surface area contributed by atoms with Gasteiger partial charge in [-0.05, 0) is 110 Å². The van der Waals surface area contributed by atoms with Crippen LogP contribution >= 0.6 is 0 Å². The highest BCUT2D eigenvalue weighted by molar-refractivity contribution is 5.85. The van der Waals surface area contributed by atoms with Gasteiger partial charge in [0.15, 0.2) is 24.5 Å². The molecule has 1 amide bonds. The van der Waals surface area contributed by atoms with Gasteiger partial charge in [-0.2, -0.15) is 0 Å². The topological polar surface area (TPSA) is 188 Å². The highest BCUT2D eigenvalue weighted by Gasteiger charge is 2.71. The zero-order chi connectivity index (χ0) is 43.2. The van der Waals surface area contributed by atoms with Gasteiger partial charge in [0, 0.05) is 20.8 Å². The van der Waals surface area contributed by atoms with Crippen molar-refractivity contribution in [3.63, 3.8) is 0 Å². The van der Waals surface area contributed by atoms with Gasteiger partial charge >= 0.3 is 17.9 Å². The largest absolute Gasteiger partial charge is 0.456 e. The first kappa shape index (κ1) is 43.7. The molecule has 14 heteroatoms. The number of esters is 3. The molecule has 14 nitrogen and oxygen atoms in total. The summed E-state index contributed by atoms with van der Waals surface area (Å²) in [5.41, 5.74) is 0.205. The lowest BCUT2D eigenvalue weighted by molar-refractivity contribution is -0.261. The molecule has 0 radical (unpaired) electrons. The van der Waals surface area contributed by atoms with Crippen molar-refractivity contribution in [2.75, 3.05) is 0 Å². The first-order chi connectivity index (χ1) is 27.4. The van der Waals surface area contributed by atoms with Crippen molar-refractivity contribution in [1.82, 2.24) is 20.3 Å². The Morgan fingerprint density at radius 2 is 1.47 bits per heavy atom. The van der Waals surface area contributed by atoms with Crippen molar-refractivity contribution >= 4 is 23.8 Å². The molecule has 6 aliphatic rings. The van der Waals surface area contributed by atoms with Gasteiger partial charge in [-0.25, -0.2) is 4.68 Å². The van der Waals surface area contributed by atoms with Gasteiger partial charge in [-0.3, -0.25) is 19.2 Å². The van der Waals surface area contributed by atoms with Crippen molar-refractivity contribution < 1.29 is 48.3 Å². The van der Waals surface area contributed by atoms with Crippen LogP contribution in [0.4, 0.5) is 0 Å². The Hall–Kier alpha value is -3.36. The number of fused-ring (bicyclic) bond motifs is 7. The Kier molecular flexibility index (Phi) is 11.1. The number of aromatic nitrogens is 3. The highest BCUT2D eigenvalue weighted by atomic mass is 16.7. The summed E-state index contributed by atoms with van der Waals surface area (Å²) in [7, 11) is 0. The molecule has 2 heterocycles. The molecule has 0 spiro atoms. The average molecular weight is 825 g/mol. The van der Waals surface area contributed by atoms with E-state index >= 15 is 0 Å². The van der Waals surface area contributed by atoms with Crippen molar-refractivity contribution in [2.24, 2.45) is 50.2 Å². The Labute approximate surface area is 348 Å². The first-order valence-corrected chi connectivity index (χ1v) is 21.8. The number of carbonyl (C=O) groups is 4. The fraction of sp³-hybridized carbons (Fsp3) is 0.822. The van der Waals surface area contributed by atoms with Crippen LogP contribution in [0.1, 0.15) is 146 Å². The molecule has 3 N–H and O–H groups in total. The smallest absolute Gasteiger partial charge is 0.303 e. The van der Waals surface area contributed by atoms with E-state index in [0.29, 0.717) is 30.4 Å². The Morgan fingerprint density at radius 1 is 0.831 bits per heavy atom. The third kappa shape index (κ3) is 6.95. The number of ether oxygens (including phenoxy) is 4. The maximum absolute atomic E-state index is 14.9. The van der Waals surface area contributed by atoms with Gasteiger partial charge < -0.3 is 34.5 Å². The molecular formula is C45H68N4O10. The molecule has 0 bridgehead atoms. The van der Waals surface area contributed by atoms with E-state index < -0.39 is 60.1 Å². The molecule has 14 atom stereocenters. The zero-order valence-corrected chi connectivity index (χ0v) is 37.0. The maximum atomic E-state index is 14.9. The van der Waals surface area contributed by atoms with Crippen LogP contribution in [0.5, 0.6) is 0 Å². The number of aliphatic hydroxyl groups excluding tert-OH is 2. The minimum atomic E-state index is -1.24. The van der Waals surface area contributed by atoms with Crippen LogP contribution in [0.2, 0.25) is 0 Å². The number of nitrogens with zero attached hydrogens (tertiary/aromatic N) is 3. The van der Waals surface area contributed by atoms with Crippen molar-refractivity contribution in [2.45, 2.75) is 183 Å². The summed E-state index contributed by atoms with van der Waals surface area (Å²) in [5, 5.41) is 35.5. The van der Waals surface area contributed by atoms with E-state index in [1.165, 1.54) is 31.0 Å². The molecule has 5 fully saturated rings. The summed E-state index contributed by atoms with van der Waals surface area (Å²) in [6.07, 6.45) is 4.96. The number of allylic oxidation sites excluding steroid dienone is 2. The molecule has 59 heavy (non-hydrogen) atoms. The number of hydrogen-bond donors (Lipinski definition) is 3. The van der Waals surface area contributed by atoms with E-state index in [1.807, 2.05) is 0 Å². The summed E-state index contributed by atoms with van der Waals surface area (Å²) in [4.78, 5) is 51.3. The molecule has 1 aromatic rings. The SMILES string of the molecule is CC(=O)O[C@@H]1[C@@H](OC(C)=O)[C@H](C)O[C@H](n2cc(CNC(=O)[C@]34CCC(C)(C)CC3C3=CCC5[C@@]6(C)CC[C@H](O)C(C)(C)C6CC[C@@]5(C)[C@]3(C)C[C@H]4O)nn2)[C@@H]1OC(C)=O. The standard InChI is InChI=1S/C45H68N4O10/c1-24-35(57-25(2)50)36(58-26(3)51)37(59-27(4)52)38(56-24)49-23-28(47-48-49)22-46-39(55)45-19-18-40(5,6)20-30(45)29-12-13-32-42(9)16-15-33(53)41(7,8)31(42)14-17-43(32,10)44(29,11)21-34(45)54/h12,23-24,30-38,53-54H,13-22H2,1-11H3,(H,46,55)/t24-,30?,31?,32?,33-,34+,35-,36+,37+,38-,42-,43+,44+,45+/m0/s1. The summed E-state index contributed by atoms with van der Waals surface area (Å²) >= 11 is 0. The van der Waals surface area contributed by atoms with Gasteiger partial charge in [0.25, 0.3) is 0 Å². The van der Waals surface area contributed by atoms with Crippen molar-refractivity contribution in [3.05, 3.63) is 23.5 Å². The van der Waals surface area contributed by atoms with E-state index in [1.54, 1.807) is 13.1 Å². The fourth-order valence-electron chi connectivity index (χ4n) is 13.8. The summed E-state index contributed by atoms with van der Waals surface area (Å²) in [6.45, 7) is 21.7. The monoisotopic (exact) mass is 824 g/mol. The lowest BCUT2D eigenvalue weighted by Gasteiger charge is -2.71. The predicted octanol–water partition coefficient (Wildman–Crippen LogP) is 5.74. The van der Waals surface area contributed by atoms with E-state index in [2.05, 4.69) is 70.2 Å². The van der Waals surface area contributed by atoms with Gasteiger partial charge in [0.05, 0.1) is 36.5 Å². The van der Waals surface area contributed by atoms with Crippen LogP contribution in [0.3, 0.4) is 0 Å². The van der Waals surface area contributed by atoms with Crippen LogP contribution in [0, 0.1) is 50.2 Å². The van der Waals surface area contributed by atoms with Crippen LogP contribution in [-0.2, 0) is 44.7 Å². The quantitative estimate of drug-likeness (QED) is 0.172. The number of hydrogen-bond acceptors (Lipinski definition) is 12. The molecule has 7 rings (SSSR count). The van der Waals surface area contributed by atoms with Crippen LogP contribution in [0.25, 0.3) is 0 Å². The number of rotatable bonds is 7. The molecular weight excluding hydrogens is 757 g/mol. The molecule has 328 valence electrons. The van der Waals surface area contributed by atoms with E-state index in [4.69, 9.17) is 18.9 Å². The summed E-state index contributed by atoms with van der Waals surface area (Å²) in [6, 6.07) is 0. The first-order valence-electron chi connectivity index (χ1n) is 21.8. The normalized spacial score (nSPS) is 43.3. The van der Waals surface area contributed by atoms with Gasteiger partial charge in [0.1, 0.15) is 5.69 Å². The second-order valence-electron chi connectivity index (χ2n) is 21.2. The predicted molar refractivity (Wildman–Crippen MR) is 215 cm³/mol. The average Bonchev–Trinajstić information content (AvgIpc) is 3.60. The molecule has 4 saturated carbocycles. The Balaban J connectivity index is 1.15. The van der Waals surface area contributed by atoms with E-state index in [-0.39, 0.29) is 51.5 Å². The number of amides is 1. The number of nitrogens with one attached hydrogen (secondary N) is 1. The van der Waals surface area contributed by atoms with Crippen molar-refractivity contribution in [1.29, 1.82) is 0 Å². The number of carbonyl (C=O) groups excluding carboxylic acids is 4.